The van der Waals surface area contributed by atoms with E-state index >= 15 is 0 Å². The molecule has 2 aromatic carbocycles. The summed E-state index contributed by atoms with van der Waals surface area (Å²) in [4.78, 5) is 24.3. The van der Waals surface area contributed by atoms with E-state index in [-0.39, 0.29) is 17.6 Å². The van der Waals surface area contributed by atoms with Gasteiger partial charge in [0.15, 0.2) is 4.34 Å². The van der Waals surface area contributed by atoms with Crippen LogP contribution < -0.4 is 15.4 Å². The van der Waals surface area contributed by atoms with Crippen molar-refractivity contribution in [3.05, 3.63) is 59.7 Å². The zero-order valence-corrected chi connectivity index (χ0v) is 16.9. The number of methoxy groups -OCH3 is 1. The Kier molecular flexibility index (Phi) is 6.62. The number of aromatic nitrogens is 2. The molecule has 3 aromatic rings. The zero-order chi connectivity index (χ0) is 19.9. The van der Waals surface area contributed by atoms with Crippen LogP contribution in [-0.2, 0) is 4.79 Å². The number of hydrogen-bond acceptors (Lipinski definition) is 7. The summed E-state index contributed by atoms with van der Waals surface area (Å²) < 4.78 is 5.68. The lowest BCUT2D eigenvalue weighted by molar-refractivity contribution is -0.113. The number of nitrogens with one attached hydrogen (secondary N) is 2. The molecule has 7 nitrogen and oxygen atoms in total. The second-order valence-electron chi connectivity index (χ2n) is 5.76. The maximum absolute atomic E-state index is 12.2. The molecule has 0 bridgehead atoms. The Morgan fingerprint density at radius 2 is 1.89 bits per heavy atom. The minimum atomic E-state index is -0.242. The maximum Gasteiger partial charge on any atom is 0.257 e. The number of anilines is 2. The number of ether oxygens (including phenoxy) is 1. The Balaban J connectivity index is 1.50. The van der Waals surface area contributed by atoms with Gasteiger partial charge in [-0.15, -0.1) is 10.2 Å². The van der Waals surface area contributed by atoms with Crippen LogP contribution in [0.5, 0.6) is 5.75 Å². The third kappa shape index (κ3) is 5.54. The van der Waals surface area contributed by atoms with E-state index in [1.165, 1.54) is 23.1 Å². The van der Waals surface area contributed by atoms with Crippen LogP contribution in [0.4, 0.5) is 10.8 Å². The van der Waals surface area contributed by atoms with Crippen LogP contribution in [0.1, 0.15) is 15.9 Å². The monoisotopic (exact) mass is 414 g/mol. The molecule has 2 amide bonds. The summed E-state index contributed by atoms with van der Waals surface area (Å²) >= 11 is 2.48. The maximum atomic E-state index is 12.2. The highest BCUT2D eigenvalue weighted by atomic mass is 32.2. The summed E-state index contributed by atoms with van der Waals surface area (Å²) in [6.45, 7) is 1.92. The van der Waals surface area contributed by atoms with E-state index in [4.69, 9.17) is 4.74 Å². The SMILES string of the molecule is COc1ccc(NC(=O)CSc2nnc(NC(=O)c3cccc(C)c3)s2)cc1. The predicted octanol–water partition coefficient (Wildman–Crippen LogP) is 3.84. The van der Waals surface area contributed by atoms with Crippen molar-refractivity contribution in [2.24, 2.45) is 0 Å². The molecule has 0 aliphatic rings. The van der Waals surface area contributed by atoms with Crippen LogP contribution in [0.3, 0.4) is 0 Å². The number of rotatable bonds is 7. The van der Waals surface area contributed by atoms with Crippen molar-refractivity contribution in [1.29, 1.82) is 0 Å². The first-order chi connectivity index (χ1) is 13.5. The van der Waals surface area contributed by atoms with Crippen molar-refractivity contribution in [2.75, 3.05) is 23.5 Å². The summed E-state index contributed by atoms with van der Waals surface area (Å²) in [6.07, 6.45) is 0. The Bertz CT molecular complexity index is 973. The average Bonchev–Trinajstić information content (AvgIpc) is 3.14. The van der Waals surface area contributed by atoms with Gasteiger partial charge in [0.05, 0.1) is 12.9 Å². The van der Waals surface area contributed by atoms with Gasteiger partial charge in [0.1, 0.15) is 5.75 Å². The summed E-state index contributed by atoms with van der Waals surface area (Å²) in [5, 5.41) is 13.9. The molecular weight excluding hydrogens is 396 g/mol. The lowest BCUT2D eigenvalue weighted by Gasteiger charge is -2.05. The normalized spacial score (nSPS) is 10.4. The van der Waals surface area contributed by atoms with Gasteiger partial charge >= 0.3 is 0 Å². The van der Waals surface area contributed by atoms with Gasteiger partial charge in [0, 0.05) is 11.3 Å². The number of carbonyl (C=O) groups excluding carboxylic acids is 2. The quantitative estimate of drug-likeness (QED) is 0.451. The van der Waals surface area contributed by atoms with Gasteiger partial charge in [-0.1, -0.05) is 40.8 Å². The fourth-order valence-corrected chi connectivity index (χ4v) is 3.82. The predicted molar refractivity (Wildman–Crippen MR) is 111 cm³/mol. The first-order valence-electron chi connectivity index (χ1n) is 8.32. The summed E-state index contributed by atoms with van der Waals surface area (Å²) in [6, 6.07) is 14.4. The van der Waals surface area contributed by atoms with Crippen molar-refractivity contribution in [2.45, 2.75) is 11.3 Å². The molecule has 9 heteroatoms. The van der Waals surface area contributed by atoms with Gasteiger partial charge in [0.25, 0.3) is 5.91 Å². The molecule has 0 atom stereocenters. The molecule has 2 N–H and O–H groups in total. The Hall–Kier alpha value is -2.91. The molecule has 3 rings (SSSR count). The minimum Gasteiger partial charge on any atom is -0.497 e. The van der Waals surface area contributed by atoms with E-state index in [0.29, 0.717) is 20.7 Å². The molecule has 0 aliphatic heterocycles. The molecule has 144 valence electrons. The molecule has 0 unspecified atom stereocenters. The third-order valence-electron chi connectivity index (χ3n) is 3.61. The number of carbonyl (C=O) groups is 2. The second kappa shape index (κ2) is 9.34. The van der Waals surface area contributed by atoms with Gasteiger partial charge in [0.2, 0.25) is 11.0 Å². The molecule has 1 heterocycles. The Morgan fingerprint density at radius 3 is 2.61 bits per heavy atom. The summed E-state index contributed by atoms with van der Waals surface area (Å²) in [5.74, 6) is 0.512. The number of benzene rings is 2. The smallest absolute Gasteiger partial charge is 0.257 e. The average molecular weight is 415 g/mol. The molecule has 28 heavy (non-hydrogen) atoms. The molecule has 0 aliphatic carbocycles. The summed E-state index contributed by atoms with van der Waals surface area (Å²) in [5.41, 5.74) is 2.25. The van der Waals surface area contributed by atoms with Gasteiger partial charge < -0.3 is 10.1 Å². The number of amides is 2. The van der Waals surface area contributed by atoms with Gasteiger partial charge in [-0.2, -0.15) is 0 Å². The van der Waals surface area contributed by atoms with Crippen LogP contribution in [0.2, 0.25) is 0 Å². The number of aryl methyl sites for hydroxylation is 1. The molecule has 0 fully saturated rings. The topological polar surface area (TPSA) is 93.2 Å². The van der Waals surface area contributed by atoms with Crippen molar-refractivity contribution in [3.63, 3.8) is 0 Å². The highest BCUT2D eigenvalue weighted by Gasteiger charge is 2.12. The van der Waals surface area contributed by atoms with Gasteiger partial charge in [-0.05, 0) is 43.3 Å². The molecule has 0 radical (unpaired) electrons. The molecule has 0 saturated carbocycles. The fraction of sp³-hybridized carbons (Fsp3) is 0.158. The lowest BCUT2D eigenvalue weighted by atomic mass is 10.1. The molecule has 0 spiro atoms. The van der Waals surface area contributed by atoms with Crippen molar-refractivity contribution < 1.29 is 14.3 Å². The van der Waals surface area contributed by atoms with Crippen LogP contribution in [0.25, 0.3) is 0 Å². The van der Waals surface area contributed by atoms with Crippen molar-refractivity contribution in [3.8, 4) is 5.75 Å². The van der Waals surface area contributed by atoms with E-state index in [1.54, 1.807) is 43.5 Å². The van der Waals surface area contributed by atoms with Gasteiger partial charge in [-0.25, -0.2) is 0 Å². The van der Waals surface area contributed by atoms with Crippen molar-refractivity contribution in [1.82, 2.24) is 10.2 Å². The third-order valence-corrected chi connectivity index (χ3v) is 5.58. The number of thioether (sulfide) groups is 1. The molecule has 0 saturated heterocycles. The number of hydrogen-bond donors (Lipinski definition) is 2. The van der Waals surface area contributed by atoms with E-state index in [1.807, 2.05) is 19.1 Å². The van der Waals surface area contributed by atoms with E-state index in [9.17, 15) is 9.59 Å². The number of nitrogens with zero attached hydrogens (tertiary/aromatic N) is 2. The fourth-order valence-electron chi connectivity index (χ4n) is 2.27. The second-order valence-corrected chi connectivity index (χ2v) is 7.96. The molecular formula is C19H18N4O3S2. The van der Waals surface area contributed by atoms with Crippen LogP contribution >= 0.6 is 23.1 Å². The van der Waals surface area contributed by atoms with E-state index < -0.39 is 0 Å². The molecule has 1 aromatic heterocycles. The Labute approximate surface area is 170 Å². The van der Waals surface area contributed by atoms with Gasteiger partial charge in [-0.3, -0.25) is 14.9 Å². The first kappa shape index (κ1) is 19.8. The first-order valence-corrected chi connectivity index (χ1v) is 10.1. The minimum absolute atomic E-state index is 0.157. The lowest BCUT2D eigenvalue weighted by Crippen LogP contribution is -2.13. The highest BCUT2D eigenvalue weighted by molar-refractivity contribution is 8.01. The van der Waals surface area contributed by atoms with Crippen molar-refractivity contribution >= 4 is 45.7 Å². The summed E-state index contributed by atoms with van der Waals surface area (Å²) in [7, 11) is 1.59. The largest absolute Gasteiger partial charge is 0.497 e. The zero-order valence-electron chi connectivity index (χ0n) is 15.3. The highest BCUT2D eigenvalue weighted by Crippen LogP contribution is 2.26. The Morgan fingerprint density at radius 1 is 1.11 bits per heavy atom. The van der Waals surface area contributed by atoms with Crippen LogP contribution in [0.15, 0.2) is 52.9 Å². The van der Waals surface area contributed by atoms with Crippen LogP contribution in [-0.4, -0.2) is 34.9 Å². The van der Waals surface area contributed by atoms with E-state index in [0.717, 1.165) is 11.3 Å². The van der Waals surface area contributed by atoms with E-state index in [2.05, 4.69) is 20.8 Å². The standard InChI is InChI=1S/C19H18N4O3S2/c1-12-4-3-5-13(10-12)17(25)21-18-22-23-19(28-18)27-11-16(24)20-14-6-8-15(26-2)9-7-14/h3-10H,11H2,1-2H3,(H,20,24)(H,21,22,25). The van der Waals surface area contributed by atoms with Crippen LogP contribution in [0, 0.1) is 6.92 Å².